The molecule has 0 N–H and O–H groups in total. The van der Waals surface area contributed by atoms with Crippen molar-refractivity contribution < 1.29 is 18.6 Å². The van der Waals surface area contributed by atoms with Crippen molar-refractivity contribution in [1.82, 2.24) is 9.88 Å². The van der Waals surface area contributed by atoms with Crippen molar-refractivity contribution in [3.63, 3.8) is 0 Å². The smallest absolute Gasteiger partial charge is 0.213 e. The van der Waals surface area contributed by atoms with Gasteiger partial charge < -0.3 is 14.2 Å². The highest BCUT2D eigenvalue weighted by atomic mass is 19.1. The molecule has 2 saturated heterocycles. The van der Waals surface area contributed by atoms with Crippen LogP contribution in [0.25, 0.3) is 10.9 Å². The van der Waals surface area contributed by atoms with E-state index < -0.39 is 5.79 Å². The molecular formula is C21H25FN2O3. The van der Waals surface area contributed by atoms with E-state index in [2.05, 4.69) is 16.4 Å². The molecule has 2 aliphatic rings. The van der Waals surface area contributed by atoms with Crippen molar-refractivity contribution in [1.29, 1.82) is 0 Å². The van der Waals surface area contributed by atoms with Crippen molar-refractivity contribution in [2.45, 2.75) is 31.5 Å². The van der Waals surface area contributed by atoms with Gasteiger partial charge in [-0.3, -0.25) is 4.90 Å². The fraction of sp³-hybridized carbons (Fsp3) is 0.476. The van der Waals surface area contributed by atoms with E-state index in [0.717, 1.165) is 31.3 Å². The Labute approximate surface area is 159 Å². The van der Waals surface area contributed by atoms with E-state index in [4.69, 9.17) is 14.2 Å². The molecule has 1 aromatic heterocycles. The summed E-state index contributed by atoms with van der Waals surface area (Å²) in [6.45, 7) is 7.05. The summed E-state index contributed by atoms with van der Waals surface area (Å²) < 4.78 is 31.6. The third-order valence-electron chi connectivity index (χ3n) is 5.47. The van der Waals surface area contributed by atoms with Crippen LogP contribution in [0, 0.1) is 18.8 Å². The van der Waals surface area contributed by atoms with Crippen molar-refractivity contribution in [2.24, 2.45) is 0 Å². The molecule has 27 heavy (non-hydrogen) atoms. The first-order valence-corrected chi connectivity index (χ1v) is 9.44. The van der Waals surface area contributed by atoms with Crippen molar-refractivity contribution in [3.05, 3.63) is 48.6 Å². The number of nitrogens with zero attached hydrogens (tertiary/aromatic N) is 2. The minimum Gasteiger partial charge on any atom is -0.481 e. The quantitative estimate of drug-likeness (QED) is 0.801. The fourth-order valence-electron chi connectivity index (χ4n) is 3.95. The van der Waals surface area contributed by atoms with Crippen molar-refractivity contribution in [2.75, 3.05) is 33.4 Å². The zero-order valence-corrected chi connectivity index (χ0v) is 15.8. The molecule has 1 aromatic carbocycles. The third-order valence-corrected chi connectivity index (χ3v) is 5.47. The summed E-state index contributed by atoms with van der Waals surface area (Å²) in [7, 11) is 1.57. The lowest BCUT2D eigenvalue weighted by atomic mass is 9.91. The summed E-state index contributed by atoms with van der Waals surface area (Å²) in [4.78, 5) is 6.75. The number of methoxy groups -OCH3 is 1. The largest absolute Gasteiger partial charge is 0.481 e. The minimum absolute atomic E-state index is 0.173. The zero-order chi connectivity index (χ0) is 18.9. The van der Waals surface area contributed by atoms with E-state index in [-0.39, 0.29) is 11.7 Å². The molecule has 4 rings (SSSR count). The number of halogens is 1. The first kappa shape index (κ1) is 18.6. The van der Waals surface area contributed by atoms with E-state index in [1.165, 1.54) is 6.07 Å². The molecule has 5 nitrogen and oxygen atoms in total. The average molecular weight is 372 g/mol. The molecule has 0 bridgehead atoms. The molecule has 1 atom stereocenters. The number of pyridine rings is 1. The van der Waals surface area contributed by atoms with Gasteiger partial charge in [0, 0.05) is 55.4 Å². The van der Waals surface area contributed by atoms with Crippen LogP contribution in [0.2, 0.25) is 0 Å². The maximum Gasteiger partial charge on any atom is 0.213 e. The first-order chi connectivity index (χ1) is 13.1. The maximum atomic E-state index is 14.8. The van der Waals surface area contributed by atoms with Gasteiger partial charge in [0.25, 0.3) is 0 Å². The molecule has 0 unspecified atom stereocenters. The van der Waals surface area contributed by atoms with Gasteiger partial charge in [-0.1, -0.05) is 6.92 Å². The fourth-order valence-corrected chi connectivity index (χ4v) is 3.95. The highest BCUT2D eigenvalue weighted by Crippen LogP contribution is 2.36. The normalized spacial score (nSPS) is 21.0. The van der Waals surface area contributed by atoms with E-state index in [1.807, 2.05) is 19.4 Å². The van der Waals surface area contributed by atoms with Crippen LogP contribution in [0.1, 0.15) is 31.2 Å². The first-order valence-electron chi connectivity index (χ1n) is 9.44. The van der Waals surface area contributed by atoms with Crippen LogP contribution in [-0.2, 0) is 9.47 Å². The Morgan fingerprint density at radius 2 is 1.89 bits per heavy atom. The molecule has 2 radical (unpaired) electrons. The number of fused-ring (bicyclic) bond motifs is 1. The Balaban J connectivity index is 1.56. The van der Waals surface area contributed by atoms with Gasteiger partial charge in [-0.15, -0.1) is 0 Å². The van der Waals surface area contributed by atoms with Gasteiger partial charge in [0.05, 0.1) is 25.8 Å². The lowest BCUT2D eigenvalue weighted by Crippen LogP contribution is -2.44. The highest BCUT2D eigenvalue weighted by molar-refractivity contribution is 5.83. The highest BCUT2D eigenvalue weighted by Gasteiger charge is 2.40. The Hall–Kier alpha value is -1.76. The van der Waals surface area contributed by atoms with Gasteiger partial charge in [0.15, 0.2) is 5.79 Å². The maximum absolute atomic E-state index is 14.8. The van der Waals surface area contributed by atoms with Crippen LogP contribution < -0.4 is 4.74 Å². The van der Waals surface area contributed by atoms with Gasteiger partial charge in [-0.2, -0.15) is 0 Å². The molecule has 1 spiro atoms. The van der Waals surface area contributed by atoms with Crippen LogP contribution in [0.5, 0.6) is 5.88 Å². The van der Waals surface area contributed by atoms with Gasteiger partial charge >= 0.3 is 0 Å². The third kappa shape index (κ3) is 3.66. The minimum atomic E-state index is -0.407. The van der Waals surface area contributed by atoms with Crippen LogP contribution in [0.4, 0.5) is 4.39 Å². The summed E-state index contributed by atoms with van der Waals surface area (Å²) in [5.74, 6) is -0.346. The summed E-state index contributed by atoms with van der Waals surface area (Å²) in [5.41, 5.74) is 1.23. The lowest BCUT2D eigenvalue weighted by Gasteiger charge is -2.38. The summed E-state index contributed by atoms with van der Waals surface area (Å²) in [6, 6.07) is 6.98. The average Bonchev–Trinajstić information content (AvgIpc) is 3.16. The standard InChI is InChI=1S/C21H25FN2O3/c1-3-15(14-24-10-8-21(9-11-24)26-12-13-27-21)19-17(22)6-4-16-5-7-18(25-2)23-20(16)19/h3-7,14-15H,8-13H2,1-2H3/t15-/m0/s1. The summed E-state index contributed by atoms with van der Waals surface area (Å²) in [5, 5.41) is 0.901. The second-order valence-electron chi connectivity index (χ2n) is 7.04. The number of benzene rings is 1. The number of ether oxygens (including phenoxy) is 3. The van der Waals surface area contributed by atoms with Gasteiger partial charge in [0.1, 0.15) is 5.82 Å². The summed E-state index contributed by atoms with van der Waals surface area (Å²) in [6.07, 6.45) is 3.65. The Morgan fingerprint density at radius 1 is 1.19 bits per heavy atom. The van der Waals surface area contributed by atoms with Crippen LogP contribution in [0.15, 0.2) is 24.3 Å². The number of hydrogen-bond acceptors (Lipinski definition) is 5. The second kappa shape index (κ2) is 7.70. The van der Waals surface area contributed by atoms with Gasteiger partial charge in [-0.25, -0.2) is 9.37 Å². The predicted octanol–water partition coefficient (Wildman–Crippen LogP) is 3.69. The molecule has 2 aromatic rings. The van der Waals surface area contributed by atoms with Gasteiger partial charge in [-0.05, 0) is 24.6 Å². The van der Waals surface area contributed by atoms with E-state index in [0.29, 0.717) is 30.2 Å². The zero-order valence-electron chi connectivity index (χ0n) is 15.8. The molecule has 0 amide bonds. The molecule has 0 aliphatic carbocycles. The predicted molar refractivity (Wildman–Crippen MR) is 101 cm³/mol. The number of likely N-dealkylation sites (tertiary alicyclic amines) is 1. The van der Waals surface area contributed by atoms with Crippen LogP contribution >= 0.6 is 0 Å². The molecule has 3 heterocycles. The number of piperidine rings is 1. The van der Waals surface area contributed by atoms with E-state index >= 15 is 0 Å². The van der Waals surface area contributed by atoms with Crippen LogP contribution in [-0.4, -0.2) is 49.1 Å². The molecule has 0 saturated carbocycles. The van der Waals surface area contributed by atoms with Crippen LogP contribution in [0.3, 0.4) is 0 Å². The van der Waals surface area contributed by atoms with E-state index in [1.54, 1.807) is 19.2 Å². The molecule has 2 fully saturated rings. The Kier molecular flexibility index (Phi) is 5.30. The molecule has 6 heteroatoms. The Morgan fingerprint density at radius 3 is 2.56 bits per heavy atom. The number of rotatable bonds is 5. The monoisotopic (exact) mass is 372 g/mol. The topological polar surface area (TPSA) is 43.8 Å². The molecular weight excluding hydrogens is 347 g/mol. The van der Waals surface area contributed by atoms with Crippen molar-refractivity contribution in [3.8, 4) is 5.88 Å². The molecule has 2 aliphatic heterocycles. The SMILES string of the molecule is C[CH][C@@H]([CH]N1CCC2(CC1)OCCO2)c1c(F)ccc2ccc(OC)nc12. The second-order valence-corrected chi connectivity index (χ2v) is 7.04. The summed E-state index contributed by atoms with van der Waals surface area (Å²) >= 11 is 0. The Bertz CT molecular complexity index is 797. The number of hydrogen-bond donors (Lipinski definition) is 0. The van der Waals surface area contributed by atoms with Crippen molar-refractivity contribution >= 4 is 10.9 Å². The number of aromatic nitrogens is 1. The molecule has 144 valence electrons. The lowest BCUT2D eigenvalue weighted by molar-refractivity contribution is -0.183. The van der Waals surface area contributed by atoms with E-state index in [9.17, 15) is 4.39 Å². The van der Waals surface area contributed by atoms with Gasteiger partial charge in [0.2, 0.25) is 5.88 Å².